The summed E-state index contributed by atoms with van der Waals surface area (Å²) in [6.45, 7) is 8.24. The van der Waals surface area contributed by atoms with Gasteiger partial charge in [0.1, 0.15) is 5.75 Å². The SMILES string of the molecule is C[C@@H](Oc1ccc(C(C)(C)C)cc1)C(=O)Nc1ccccc1. The molecule has 0 heterocycles. The third kappa shape index (κ3) is 4.35. The molecule has 0 aliphatic rings. The molecule has 1 N–H and O–H groups in total. The molecule has 0 aromatic heterocycles. The smallest absolute Gasteiger partial charge is 0.265 e. The number of benzene rings is 2. The number of rotatable bonds is 4. The molecule has 0 fully saturated rings. The Hall–Kier alpha value is -2.29. The Labute approximate surface area is 132 Å². The van der Waals surface area contributed by atoms with E-state index in [0.29, 0.717) is 5.75 Å². The molecule has 22 heavy (non-hydrogen) atoms. The number of nitrogens with one attached hydrogen (secondary N) is 1. The molecule has 1 atom stereocenters. The lowest BCUT2D eigenvalue weighted by molar-refractivity contribution is -0.122. The lowest BCUT2D eigenvalue weighted by Crippen LogP contribution is -2.30. The van der Waals surface area contributed by atoms with Crippen molar-refractivity contribution in [2.45, 2.75) is 39.2 Å². The largest absolute Gasteiger partial charge is 0.481 e. The van der Waals surface area contributed by atoms with Crippen LogP contribution < -0.4 is 10.1 Å². The number of amides is 1. The van der Waals surface area contributed by atoms with Crippen LogP contribution in [0.15, 0.2) is 54.6 Å². The predicted octanol–water partition coefficient (Wildman–Crippen LogP) is 4.39. The van der Waals surface area contributed by atoms with Crippen molar-refractivity contribution >= 4 is 11.6 Å². The van der Waals surface area contributed by atoms with Gasteiger partial charge in [-0.1, -0.05) is 51.1 Å². The lowest BCUT2D eigenvalue weighted by Gasteiger charge is -2.20. The van der Waals surface area contributed by atoms with Gasteiger partial charge in [-0.3, -0.25) is 4.79 Å². The minimum atomic E-state index is -0.555. The van der Waals surface area contributed by atoms with Crippen molar-refractivity contribution in [3.05, 3.63) is 60.2 Å². The standard InChI is InChI=1S/C19H23NO2/c1-14(18(21)20-16-8-6-5-7-9-16)22-17-12-10-15(11-13-17)19(2,3)4/h5-14H,1-4H3,(H,20,21)/t14-/m1/s1. The fourth-order valence-corrected chi connectivity index (χ4v) is 2.06. The molecule has 0 saturated heterocycles. The first-order valence-corrected chi connectivity index (χ1v) is 7.49. The summed E-state index contributed by atoms with van der Waals surface area (Å²) in [5, 5.41) is 2.83. The normalized spacial score (nSPS) is 12.5. The van der Waals surface area contributed by atoms with E-state index in [9.17, 15) is 4.79 Å². The highest BCUT2D eigenvalue weighted by molar-refractivity contribution is 5.94. The first-order chi connectivity index (χ1) is 10.4. The van der Waals surface area contributed by atoms with Gasteiger partial charge in [0.05, 0.1) is 0 Å². The van der Waals surface area contributed by atoms with Gasteiger partial charge in [-0.15, -0.1) is 0 Å². The summed E-state index contributed by atoms with van der Waals surface area (Å²) in [6.07, 6.45) is -0.555. The summed E-state index contributed by atoms with van der Waals surface area (Å²) in [5.74, 6) is 0.537. The lowest BCUT2D eigenvalue weighted by atomic mass is 9.87. The Morgan fingerprint density at radius 1 is 1.00 bits per heavy atom. The summed E-state index contributed by atoms with van der Waals surface area (Å²) in [5.41, 5.74) is 2.11. The highest BCUT2D eigenvalue weighted by Gasteiger charge is 2.16. The minimum Gasteiger partial charge on any atom is -0.481 e. The van der Waals surface area contributed by atoms with Gasteiger partial charge >= 0.3 is 0 Å². The van der Waals surface area contributed by atoms with E-state index in [1.165, 1.54) is 5.56 Å². The van der Waals surface area contributed by atoms with Crippen molar-refractivity contribution in [2.75, 3.05) is 5.32 Å². The zero-order chi connectivity index (χ0) is 16.2. The molecule has 0 spiro atoms. The summed E-state index contributed by atoms with van der Waals surface area (Å²) in [7, 11) is 0. The molecule has 0 saturated carbocycles. The first kappa shape index (κ1) is 16.1. The molecule has 2 rings (SSSR count). The summed E-state index contributed by atoms with van der Waals surface area (Å²) in [4.78, 5) is 12.1. The van der Waals surface area contributed by atoms with E-state index in [2.05, 4.69) is 26.1 Å². The third-order valence-corrected chi connectivity index (χ3v) is 3.44. The Kier molecular flexibility index (Phi) is 4.86. The van der Waals surface area contributed by atoms with Gasteiger partial charge in [0.15, 0.2) is 6.10 Å². The van der Waals surface area contributed by atoms with Crippen molar-refractivity contribution < 1.29 is 9.53 Å². The van der Waals surface area contributed by atoms with E-state index in [1.54, 1.807) is 6.92 Å². The van der Waals surface area contributed by atoms with Crippen LogP contribution in [0.5, 0.6) is 5.75 Å². The average Bonchev–Trinajstić information content (AvgIpc) is 2.48. The Morgan fingerprint density at radius 3 is 2.14 bits per heavy atom. The maximum atomic E-state index is 12.1. The second kappa shape index (κ2) is 6.65. The summed E-state index contributed by atoms with van der Waals surface area (Å²) in [6, 6.07) is 17.3. The topological polar surface area (TPSA) is 38.3 Å². The van der Waals surface area contributed by atoms with E-state index >= 15 is 0 Å². The number of carbonyl (C=O) groups is 1. The summed E-state index contributed by atoms with van der Waals surface area (Å²) >= 11 is 0. The highest BCUT2D eigenvalue weighted by Crippen LogP contribution is 2.24. The molecule has 2 aromatic rings. The van der Waals surface area contributed by atoms with Crippen molar-refractivity contribution in [2.24, 2.45) is 0 Å². The number of para-hydroxylation sites is 1. The van der Waals surface area contributed by atoms with Crippen LogP contribution in [0.1, 0.15) is 33.3 Å². The Balaban J connectivity index is 1.96. The monoisotopic (exact) mass is 297 g/mol. The Morgan fingerprint density at radius 2 is 1.59 bits per heavy atom. The number of ether oxygens (including phenoxy) is 1. The van der Waals surface area contributed by atoms with E-state index < -0.39 is 6.10 Å². The molecule has 3 nitrogen and oxygen atoms in total. The summed E-state index contributed by atoms with van der Waals surface area (Å²) < 4.78 is 5.70. The molecule has 2 aromatic carbocycles. The quantitative estimate of drug-likeness (QED) is 0.909. The van der Waals surface area contributed by atoms with Crippen molar-refractivity contribution in [1.82, 2.24) is 0 Å². The number of hydrogen-bond acceptors (Lipinski definition) is 2. The molecule has 0 aliphatic carbocycles. The van der Waals surface area contributed by atoms with Crippen molar-refractivity contribution in [3.63, 3.8) is 0 Å². The zero-order valence-corrected chi connectivity index (χ0v) is 13.6. The van der Waals surface area contributed by atoms with E-state index in [-0.39, 0.29) is 11.3 Å². The molecule has 1 amide bonds. The van der Waals surface area contributed by atoms with Gasteiger partial charge < -0.3 is 10.1 Å². The predicted molar refractivity (Wildman–Crippen MR) is 90.3 cm³/mol. The van der Waals surface area contributed by atoms with Gasteiger partial charge in [-0.2, -0.15) is 0 Å². The Bertz CT molecular complexity index is 612. The number of carbonyl (C=O) groups excluding carboxylic acids is 1. The van der Waals surface area contributed by atoms with E-state index in [4.69, 9.17) is 4.74 Å². The van der Waals surface area contributed by atoms with Crippen LogP contribution in [0.25, 0.3) is 0 Å². The molecule has 0 aliphatic heterocycles. The third-order valence-electron chi connectivity index (χ3n) is 3.44. The molecular weight excluding hydrogens is 274 g/mol. The van der Waals surface area contributed by atoms with Gasteiger partial charge in [-0.05, 0) is 42.2 Å². The fourth-order valence-electron chi connectivity index (χ4n) is 2.06. The number of hydrogen-bond donors (Lipinski definition) is 1. The maximum absolute atomic E-state index is 12.1. The second-order valence-electron chi connectivity index (χ2n) is 6.39. The average molecular weight is 297 g/mol. The van der Waals surface area contributed by atoms with Gasteiger partial charge in [-0.25, -0.2) is 0 Å². The molecule has 3 heteroatoms. The molecule has 116 valence electrons. The van der Waals surface area contributed by atoms with Crippen LogP contribution in [0.2, 0.25) is 0 Å². The minimum absolute atomic E-state index is 0.106. The van der Waals surface area contributed by atoms with Crippen LogP contribution in [-0.4, -0.2) is 12.0 Å². The highest BCUT2D eigenvalue weighted by atomic mass is 16.5. The van der Waals surface area contributed by atoms with Crippen LogP contribution in [0.3, 0.4) is 0 Å². The number of anilines is 1. The van der Waals surface area contributed by atoms with Crippen LogP contribution in [0.4, 0.5) is 5.69 Å². The molecule has 0 bridgehead atoms. The van der Waals surface area contributed by atoms with Crippen LogP contribution in [-0.2, 0) is 10.2 Å². The molecule has 0 radical (unpaired) electrons. The zero-order valence-electron chi connectivity index (χ0n) is 13.6. The van der Waals surface area contributed by atoms with Gasteiger partial charge in [0.25, 0.3) is 5.91 Å². The second-order valence-corrected chi connectivity index (χ2v) is 6.39. The first-order valence-electron chi connectivity index (χ1n) is 7.49. The van der Waals surface area contributed by atoms with Crippen LogP contribution >= 0.6 is 0 Å². The van der Waals surface area contributed by atoms with Crippen LogP contribution in [0, 0.1) is 0 Å². The van der Waals surface area contributed by atoms with Crippen molar-refractivity contribution in [1.29, 1.82) is 0 Å². The fraction of sp³-hybridized carbons (Fsp3) is 0.316. The molecule has 0 unspecified atom stereocenters. The maximum Gasteiger partial charge on any atom is 0.265 e. The van der Waals surface area contributed by atoms with E-state index in [1.807, 2.05) is 54.6 Å². The van der Waals surface area contributed by atoms with Crippen molar-refractivity contribution in [3.8, 4) is 5.75 Å². The molecular formula is C19H23NO2. The van der Waals surface area contributed by atoms with Gasteiger partial charge in [0.2, 0.25) is 0 Å². The van der Waals surface area contributed by atoms with Gasteiger partial charge in [0, 0.05) is 5.69 Å². The van der Waals surface area contributed by atoms with E-state index in [0.717, 1.165) is 5.69 Å².